The Morgan fingerprint density at radius 1 is 1.17 bits per heavy atom. The minimum atomic E-state index is -4.92. The summed E-state index contributed by atoms with van der Waals surface area (Å²) in [5.74, 6) is 0. The third-order valence-corrected chi connectivity index (χ3v) is 1.50. The summed E-state index contributed by atoms with van der Waals surface area (Å²) in [6.45, 7) is -3.34. The van der Waals surface area contributed by atoms with Crippen molar-refractivity contribution >= 4 is 18.1 Å². The van der Waals surface area contributed by atoms with Crippen LogP contribution in [0.4, 0.5) is 18.6 Å². The van der Waals surface area contributed by atoms with Gasteiger partial charge in [-0.2, -0.15) is 0 Å². The number of rotatable bonds is 1. The van der Waals surface area contributed by atoms with Gasteiger partial charge in [0, 0.05) is 5.69 Å². The van der Waals surface area contributed by atoms with Gasteiger partial charge < -0.3 is 18.7 Å². The quantitative estimate of drug-likeness (QED) is 0.508. The van der Waals surface area contributed by atoms with E-state index in [1.165, 1.54) is 6.07 Å². The number of hydrogen-bond donors (Lipinski definition) is 1. The van der Waals surface area contributed by atoms with Crippen LogP contribution in [0.2, 0.25) is 0 Å². The van der Waals surface area contributed by atoms with Crippen LogP contribution in [0.3, 0.4) is 0 Å². The summed E-state index contributed by atoms with van der Waals surface area (Å²) in [4.78, 5) is 0. The van der Waals surface area contributed by atoms with E-state index in [9.17, 15) is 12.9 Å². The van der Waals surface area contributed by atoms with E-state index in [0.717, 1.165) is 12.1 Å². The smallest absolute Gasteiger partial charge is 0.445 e. The second-order valence-corrected chi connectivity index (χ2v) is 2.75. The van der Waals surface area contributed by atoms with Crippen molar-refractivity contribution in [1.29, 1.82) is 0 Å². The molecule has 1 nitrogen and oxygen atoms in total. The molecule has 0 aliphatic carbocycles. The molecule has 1 aromatic carbocycles. The molecule has 0 aliphatic heterocycles. The number of halogens is 3. The molecule has 2 N–H and O–H groups in total. The van der Waals surface area contributed by atoms with Crippen LogP contribution in [0.15, 0.2) is 18.2 Å². The van der Waals surface area contributed by atoms with Gasteiger partial charge in [0.1, 0.15) is 0 Å². The van der Waals surface area contributed by atoms with Crippen molar-refractivity contribution in [1.82, 2.24) is 0 Å². The third-order valence-electron chi connectivity index (χ3n) is 1.50. The summed E-state index contributed by atoms with van der Waals surface area (Å²) in [6.07, 6.45) is 0. The zero-order valence-corrected chi connectivity index (χ0v) is 6.52. The average Bonchev–Trinajstić information content (AvgIpc) is 1.82. The van der Waals surface area contributed by atoms with Crippen LogP contribution in [-0.2, 0) is 0 Å². The molecule has 0 aromatic heterocycles. The number of benzene rings is 1. The molecular formula is C7H8BF3N-. The first-order chi connectivity index (χ1) is 5.39. The van der Waals surface area contributed by atoms with E-state index >= 15 is 0 Å². The summed E-state index contributed by atoms with van der Waals surface area (Å²) in [5.41, 5.74) is 5.32. The van der Waals surface area contributed by atoms with Gasteiger partial charge in [-0.3, -0.25) is 0 Å². The van der Waals surface area contributed by atoms with Crippen molar-refractivity contribution in [2.45, 2.75) is 6.92 Å². The molecule has 0 aliphatic rings. The molecule has 1 aromatic rings. The highest BCUT2D eigenvalue weighted by atomic mass is 19.4. The summed E-state index contributed by atoms with van der Waals surface area (Å²) >= 11 is 0. The van der Waals surface area contributed by atoms with Gasteiger partial charge in [0.05, 0.1) is 0 Å². The highest BCUT2D eigenvalue weighted by Crippen LogP contribution is 2.12. The second kappa shape index (κ2) is 2.73. The summed E-state index contributed by atoms with van der Waals surface area (Å²) in [6, 6.07) is 3.55. The molecule has 0 amide bonds. The van der Waals surface area contributed by atoms with Crippen molar-refractivity contribution in [2.75, 3.05) is 5.73 Å². The van der Waals surface area contributed by atoms with Crippen LogP contribution in [-0.4, -0.2) is 6.98 Å². The Kier molecular flexibility index (Phi) is 2.04. The van der Waals surface area contributed by atoms with Crippen molar-refractivity contribution < 1.29 is 12.9 Å². The van der Waals surface area contributed by atoms with Gasteiger partial charge in [0.15, 0.2) is 0 Å². The zero-order chi connectivity index (χ0) is 9.35. The molecule has 0 unspecified atom stereocenters. The van der Waals surface area contributed by atoms with Gasteiger partial charge in [-0.1, -0.05) is 17.7 Å². The molecule has 1 rings (SSSR count). The van der Waals surface area contributed by atoms with Crippen LogP contribution in [0.25, 0.3) is 0 Å². The number of nitrogen functional groups attached to an aromatic ring is 1. The number of anilines is 1. The molecule has 0 spiro atoms. The summed E-state index contributed by atoms with van der Waals surface area (Å²) in [7, 11) is 0. The van der Waals surface area contributed by atoms with E-state index < -0.39 is 12.4 Å². The molecule has 0 bridgehead atoms. The monoisotopic (exact) mass is 174 g/mol. The molecule has 66 valence electrons. The maximum atomic E-state index is 12.2. The lowest BCUT2D eigenvalue weighted by Crippen LogP contribution is -2.34. The molecule has 0 saturated carbocycles. The third kappa shape index (κ3) is 1.93. The molecule has 0 heterocycles. The minimum absolute atomic E-state index is 0.157. The Hall–Kier alpha value is -1.13. The van der Waals surface area contributed by atoms with Crippen LogP contribution < -0.4 is 11.2 Å². The molecule has 0 radical (unpaired) electrons. The van der Waals surface area contributed by atoms with Crippen molar-refractivity contribution in [3.63, 3.8) is 0 Å². The predicted molar refractivity (Wildman–Crippen MR) is 44.3 cm³/mol. The van der Waals surface area contributed by atoms with Crippen molar-refractivity contribution in [3.8, 4) is 0 Å². The molecule has 0 atom stereocenters. The van der Waals surface area contributed by atoms with E-state index in [4.69, 9.17) is 5.73 Å². The molecule has 0 fully saturated rings. The second-order valence-electron chi connectivity index (χ2n) is 2.75. The first kappa shape index (κ1) is 8.97. The van der Waals surface area contributed by atoms with E-state index in [1.807, 2.05) is 0 Å². The summed E-state index contributed by atoms with van der Waals surface area (Å²) < 4.78 is 36.5. The fourth-order valence-corrected chi connectivity index (χ4v) is 1.03. The topological polar surface area (TPSA) is 26.0 Å². The van der Waals surface area contributed by atoms with Crippen molar-refractivity contribution in [2.24, 2.45) is 0 Å². The summed E-state index contributed by atoms with van der Waals surface area (Å²) in [5, 5.41) is 0. The standard InChI is InChI=1S/C7H8BF3N/c1-5-2-6(8(9,10)11)4-7(12)3-5/h2-4H,12H2,1H3/q-1. The Morgan fingerprint density at radius 2 is 1.75 bits per heavy atom. The lowest BCUT2D eigenvalue weighted by Gasteiger charge is -2.15. The van der Waals surface area contributed by atoms with E-state index in [0.29, 0.717) is 5.56 Å². The Labute approximate surface area is 68.4 Å². The largest absolute Gasteiger partial charge is 0.509 e. The van der Waals surface area contributed by atoms with E-state index in [1.54, 1.807) is 6.92 Å². The Balaban J connectivity index is 3.18. The van der Waals surface area contributed by atoms with Crippen LogP contribution in [0, 0.1) is 6.92 Å². The first-order valence-electron chi connectivity index (χ1n) is 3.46. The number of hydrogen-bond acceptors (Lipinski definition) is 1. The van der Waals surface area contributed by atoms with Crippen LogP contribution >= 0.6 is 0 Å². The van der Waals surface area contributed by atoms with Crippen LogP contribution in [0.5, 0.6) is 0 Å². The van der Waals surface area contributed by atoms with Gasteiger partial charge in [-0.05, 0) is 13.0 Å². The molecule has 12 heavy (non-hydrogen) atoms. The maximum absolute atomic E-state index is 12.2. The van der Waals surface area contributed by atoms with E-state index in [2.05, 4.69) is 0 Å². The molecule has 0 saturated heterocycles. The highest BCUT2D eigenvalue weighted by molar-refractivity contribution is 6.73. The predicted octanol–water partition coefficient (Wildman–Crippen LogP) is 1.63. The van der Waals surface area contributed by atoms with E-state index in [-0.39, 0.29) is 5.69 Å². The Bertz CT molecular complexity index is 275. The van der Waals surface area contributed by atoms with Gasteiger partial charge >= 0.3 is 6.98 Å². The van der Waals surface area contributed by atoms with Gasteiger partial charge in [0.25, 0.3) is 0 Å². The molecular weight excluding hydrogens is 166 g/mol. The van der Waals surface area contributed by atoms with Gasteiger partial charge in [-0.15, -0.1) is 5.46 Å². The maximum Gasteiger partial charge on any atom is 0.509 e. The van der Waals surface area contributed by atoms with Crippen LogP contribution in [0.1, 0.15) is 5.56 Å². The zero-order valence-electron chi connectivity index (χ0n) is 6.52. The lowest BCUT2D eigenvalue weighted by molar-refractivity contribution is 0.501. The average molecular weight is 174 g/mol. The highest BCUT2D eigenvalue weighted by Gasteiger charge is 2.25. The fraction of sp³-hybridized carbons (Fsp3) is 0.143. The number of aryl methyl sites for hydroxylation is 1. The Morgan fingerprint density at radius 3 is 2.17 bits per heavy atom. The SMILES string of the molecule is Cc1cc(N)cc([B-](F)(F)F)c1. The first-order valence-corrected chi connectivity index (χ1v) is 3.46. The lowest BCUT2D eigenvalue weighted by atomic mass is 9.79. The molecule has 5 heteroatoms. The minimum Gasteiger partial charge on any atom is -0.445 e. The van der Waals surface area contributed by atoms with Gasteiger partial charge in [0.2, 0.25) is 0 Å². The van der Waals surface area contributed by atoms with Crippen molar-refractivity contribution in [3.05, 3.63) is 23.8 Å². The number of nitrogens with two attached hydrogens (primary N) is 1. The fourth-order valence-electron chi connectivity index (χ4n) is 1.03. The normalized spacial score (nSPS) is 11.7. The van der Waals surface area contributed by atoms with Gasteiger partial charge in [-0.25, -0.2) is 0 Å².